The highest BCUT2D eigenvalue weighted by molar-refractivity contribution is 5.25. The van der Waals surface area contributed by atoms with E-state index in [4.69, 9.17) is 9.84 Å². The summed E-state index contributed by atoms with van der Waals surface area (Å²) >= 11 is 0. The SMILES string of the molecule is CCOC[C@H]1CN(Cc2ccncc2)Cc2cn(CC)nc21. The Morgan fingerprint density at radius 3 is 2.82 bits per heavy atom. The lowest BCUT2D eigenvalue weighted by atomic mass is 9.97. The molecule has 0 radical (unpaired) electrons. The quantitative estimate of drug-likeness (QED) is 0.822. The van der Waals surface area contributed by atoms with Gasteiger partial charge in [-0.05, 0) is 31.5 Å². The normalized spacial score (nSPS) is 18.4. The summed E-state index contributed by atoms with van der Waals surface area (Å²) in [6.45, 7) is 9.49. The van der Waals surface area contributed by atoms with Crippen molar-refractivity contribution >= 4 is 0 Å². The molecule has 0 spiro atoms. The molecule has 118 valence electrons. The molecule has 3 heterocycles. The van der Waals surface area contributed by atoms with Gasteiger partial charge in [0, 0.05) is 62.9 Å². The number of hydrogen-bond donors (Lipinski definition) is 0. The smallest absolute Gasteiger partial charge is 0.0736 e. The molecule has 0 saturated heterocycles. The van der Waals surface area contributed by atoms with E-state index >= 15 is 0 Å². The van der Waals surface area contributed by atoms with E-state index in [9.17, 15) is 0 Å². The molecule has 0 N–H and O–H groups in total. The third-order valence-electron chi connectivity index (χ3n) is 4.13. The number of aromatic nitrogens is 3. The molecule has 2 aromatic heterocycles. The lowest BCUT2D eigenvalue weighted by molar-refractivity contribution is 0.104. The Balaban J connectivity index is 1.77. The molecule has 0 unspecified atom stereocenters. The molecule has 22 heavy (non-hydrogen) atoms. The van der Waals surface area contributed by atoms with E-state index in [1.54, 1.807) is 0 Å². The van der Waals surface area contributed by atoms with Crippen molar-refractivity contribution < 1.29 is 4.74 Å². The standard InChI is InChI=1S/C17H24N4O/c1-3-21-12-15-10-20(9-14-5-7-18-8-6-14)11-16(13-22-4-2)17(15)19-21/h5-8,12,16H,3-4,9-11,13H2,1-2H3/t16-/m1/s1. The van der Waals surface area contributed by atoms with Gasteiger partial charge in [-0.25, -0.2) is 0 Å². The third kappa shape index (κ3) is 3.36. The molecule has 5 nitrogen and oxygen atoms in total. The van der Waals surface area contributed by atoms with Crippen LogP contribution in [0.15, 0.2) is 30.7 Å². The van der Waals surface area contributed by atoms with E-state index < -0.39 is 0 Å². The average molecular weight is 300 g/mol. The van der Waals surface area contributed by atoms with Crippen LogP contribution in [0.3, 0.4) is 0 Å². The van der Waals surface area contributed by atoms with Gasteiger partial charge in [-0.2, -0.15) is 5.10 Å². The van der Waals surface area contributed by atoms with Crippen molar-refractivity contribution in [1.82, 2.24) is 19.7 Å². The maximum atomic E-state index is 5.69. The molecular weight excluding hydrogens is 276 g/mol. The lowest BCUT2D eigenvalue weighted by Crippen LogP contribution is -2.34. The molecule has 0 bridgehead atoms. The van der Waals surface area contributed by atoms with Gasteiger partial charge >= 0.3 is 0 Å². The van der Waals surface area contributed by atoms with Crippen LogP contribution in [-0.4, -0.2) is 39.4 Å². The zero-order chi connectivity index (χ0) is 15.4. The molecule has 0 fully saturated rings. The highest BCUT2D eigenvalue weighted by Crippen LogP contribution is 2.28. The number of ether oxygens (including phenoxy) is 1. The summed E-state index contributed by atoms with van der Waals surface area (Å²) in [5.74, 6) is 0.360. The molecule has 1 aliphatic rings. The fourth-order valence-electron chi connectivity index (χ4n) is 3.07. The van der Waals surface area contributed by atoms with Gasteiger partial charge in [-0.3, -0.25) is 14.6 Å². The topological polar surface area (TPSA) is 43.2 Å². The van der Waals surface area contributed by atoms with Crippen LogP contribution in [0.25, 0.3) is 0 Å². The summed E-state index contributed by atoms with van der Waals surface area (Å²) in [4.78, 5) is 6.57. The molecule has 0 aromatic carbocycles. The summed E-state index contributed by atoms with van der Waals surface area (Å²) in [7, 11) is 0. The molecule has 0 aliphatic carbocycles. The van der Waals surface area contributed by atoms with Gasteiger partial charge in [0.2, 0.25) is 0 Å². The first-order valence-corrected chi connectivity index (χ1v) is 8.05. The van der Waals surface area contributed by atoms with Gasteiger partial charge in [0.25, 0.3) is 0 Å². The van der Waals surface area contributed by atoms with Crippen LogP contribution >= 0.6 is 0 Å². The van der Waals surface area contributed by atoms with E-state index in [1.807, 2.05) is 24.0 Å². The van der Waals surface area contributed by atoms with Crippen molar-refractivity contribution in [2.24, 2.45) is 0 Å². The van der Waals surface area contributed by atoms with Crippen LogP contribution in [-0.2, 0) is 24.4 Å². The molecule has 0 saturated carbocycles. The van der Waals surface area contributed by atoms with Crippen LogP contribution in [0.4, 0.5) is 0 Å². The van der Waals surface area contributed by atoms with E-state index in [0.29, 0.717) is 5.92 Å². The number of aryl methyl sites for hydroxylation is 1. The van der Waals surface area contributed by atoms with Crippen molar-refractivity contribution in [2.45, 2.75) is 39.4 Å². The number of nitrogens with zero attached hydrogens (tertiary/aromatic N) is 4. The summed E-state index contributed by atoms with van der Waals surface area (Å²) in [6, 6.07) is 4.17. The monoisotopic (exact) mass is 300 g/mol. The Morgan fingerprint density at radius 2 is 2.09 bits per heavy atom. The summed E-state index contributed by atoms with van der Waals surface area (Å²) in [5.41, 5.74) is 3.87. The first kappa shape index (κ1) is 15.2. The van der Waals surface area contributed by atoms with Gasteiger partial charge < -0.3 is 4.74 Å². The molecule has 1 aliphatic heterocycles. The van der Waals surface area contributed by atoms with E-state index in [0.717, 1.165) is 39.4 Å². The van der Waals surface area contributed by atoms with Crippen LogP contribution in [0, 0.1) is 0 Å². The molecule has 5 heteroatoms. The Bertz CT molecular complexity index is 596. The minimum absolute atomic E-state index is 0.360. The minimum atomic E-state index is 0.360. The van der Waals surface area contributed by atoms with Crippen molar-refractivity contribution in [3.05, 3.63) is 47.5 Å². The highest BCUT2D eigenvalue weighted by Gasteiger charge is 2.28. The van der Waals surface area contributed by atoms with Gasteiger partial charge in [0.1, 0.15) is 0 Å². The Hall–Kier alpha value is -1.72. The zero-order valence-electron chi connectivity index (χ0n) is 13.4. The molecular formula is C17H24N4O. The Labute approximate surface area is 131 Å². The van der Waals surface area contributed by atoms with Gasteiger partial charge in [-0.15, -0.1) is 0 Å². The minimum Gasteiger partial charge on any atom is -0.381 e. The fraction of sp³-hybridized carbons (Fsp3) is 0.529. The van der Waals surface area contributed by atoms with Crippen LogP contribution < -0.4 is 0 Å². The number of fused-ring (bicyclic) bond motifs is 1. The fourth-order valence-corrected chi connectivity index (χ4v) is 3.07. The number of hydrogen-bond acceptors (Lipinski definition) is 4. The highest BCUT2D eigenvalue weighted by atomic mass is 16.5. The summed E-state index contributed by atoms with van der Waals surface area (Å²) in [6.07, 6.45) is 5.90. The molecule has 3 rings (SSSR count). The van der Waals surface area contributed by atoms with Crippen molar-refractivity contribution in [3.63, 3.8) is 0 Å². The largest absolute Gasteiger partial charge is 0.381 e. The second-order valence-electron chi connectivity index (χ2n) is 5.78. The summed E-state index contributed by atoms with van der Waals surface area (Å²) in [5, 5.41) is 4.75. The van der Waals surface area contributed by atoms with E-state index in [-0.39, 0.29) is 0 Å². The predicted octanol–water partition coefficient (Wildman–Crippen LogP) is 2.43. The second kappa shape index (κ2) is 7.03. The van der Waals surface area contributed by atoms with Crippen LogP contribution in [0.5, 0.6) is 0 Å². The predicted molar refractivity (Wildman–Crippen MR) is 85.5 cm³/mol. The molecule has 1 atom stereocenters. The third-order valence-corrected chi connectivity index (χ3v) is 4.13. The first-order chi connectivity index (χ1) is 10.8. The van der Waals surface area contributed by atoms with E-state index in [2.05, 4.69) is 35.1 Å². The molecule has 2 aromatic rings. The van der Waals surface area contributed by atoms with Crippen LogP contribution in [0.2, 0.25) is 0 Å². The maximum Gasteiger partial charge on any atom is 0.0736 e. The van der Waals surface area contributed by atoms with Gasteiger partial charge in [0.15, 0.2) is 0 Å². The maximum absolute atomic E-state index is 5.69. The first-order valence-electron chi connectivity index (χ1n) is 8.05. The summed E-state index contributed by atoms with van der Waals surface area (Å²) < 4.78 is 7.73. The number of rotatable bonds is 6. The molecule has 0 amide bonds. The average Bonchev–Trinajstić information content (AvgIpc) is 2.97. The lowest BCUT2D eigenvalue weighted by Gasteiger charge is -2.31. The number of pyridine rings is 1. The second-order valence-corrected chi connectivity index (χ2v) is 5.78. The Kier molecular flexibility index (Phi) is 4.85. The van der Waals surface area contributed by atoms with E-state index in [1.165, 1.54) is 16.8 Å². The van der Waals surface area contributed by atoms with Crippen molar-refractivity contribution in [3.8, 4) is 0 Å². The van der Waals surface area contributed by atoms with Gasteiger partial charge in [0.05, 0.1) is 12.3 Å². The zero-order valence-corrected chi connectivity index (χ0v) is 13.4. The van der Waals surface area contributed by atoms with Crippen molar-refractivity contribution in [1.29, 1.82) is 0 Å². The van der Waals surface area contributed by atoms with Crippen molar-refractivity contribution in [2.75, 3.05) is 19.8 Å². The Morgan fingerprint density at radius 1 is 1.27 bits per heavy atom. The van der Waals surface area contributed by atoms with Gasteiger partial charge in [-0.1, -0.05) is 0 Å². The van der Waals surface area contributed by atoms with Crippen LogP contribution in [0.1, 0.15) is 36.6 Å².